The van der Waals surface area contributed by atoms with Crippen molar-refractivity contribution < 1.29 is 14.6 Å². The van der Waals surface area contributed by atoms with Crippen LogP contribution in [0.25, 0.3) is 0 Å². The average molecular weight is 284 g/mol. The first-order valence-electron chi connectivity index (χ1n) is 6.38. The molecule has 2 aromatic rings. The number of phenols is 1. The van der Waals surface area contributed by atoms with Gasteiger partial charge in [-0.15, -0.1) is 0 Å². The summed E-state index contributed by atoms with van der Waals surface area (Å²) >= 11 is 0. The Morgan fingerprint density at radius 1 is 1.14 bits per heavy atom. The minimum atomic E-state index is -0.381. The number of amides is 1. The summed E-state index contributed by atoms with van der Waals surface area (Å²) in [7, 11) is 1.59. The number of benzene rings is 2. The van der Waals surface area contributed by atoms with E-state index >= 15 is 0 Å². The lowest BCUT2D eigenvalue weighted by molar-refractivity contribution is 0.0954. The Balaban J connectivity index is 2.11. The van der Waals surface area contributed by atoms with Gasteiger partial charge >= 0.3 is 0 Å². The number of carbonyl (C=O) groups is 1. The van der Waals surface area contributed by atoms with Gasteiger partial charge in [0, 0.05) is 11.1 Å². The maximum atomic E-state index is 11.9. The van der Waals surface area contributed by atoms with E-state index in [-0.39, 0.29) is 11.7 Å². The van der Waals surface area contributed by atoms with Gasteiger partial charge < -0.3 is 9.84 Å². The van der Waals surface area contributed by atoms with E-state index in [4.69, 9.17) is 4.74 Å². The summed E-state index contributed by atoms with van der Waals surface area (Å²) in [4.78, 5) is 11.9. The third-order valence-electron chi connectivity index (χ3n) is 2.92. The molecule has 0 atom stereocenters. The number of ether oxygens (including phenoxy) is 1. The van der Waals surface area contributed by atoms with Gasteiger partial charge in [0.05, 0.1) is 12.8 Å². The van der Waals surface area contributed by atoms with Crippen LogP contribution in [0.4, 0.5) is 0 Å². The number of nitrogens with zero attached hydrogens (tertiary/aromatic N) is 1. The van der Waals surface area contributed by atoms with Gasteiger partial charge in [0.15, 0.2) is 0 Å². The number of hydrogen-bond acceptors (Lipinski definition) is 4. The van der Waals surface area contributed by atoms with Crippen molar-refractivity contribution >= 4 is 11.6 Å². The van der Waals surface area contributed by atoms with Gasteiger partial charge in [0.1, 0.15) is 11.5 Å². The number of hydrogen-bond donors (Lipinski definition) is 2. The SMILES string of the molecule is COc1cccc(/C(C)=N/NC(=O)c2cccc(O)c2)c1. The molecule has 0 radical (unpaired) electrons. The Bertz CT molecular complexity index is 681. The Labute approximate surface area is 122 Å². The zero-order valence-corrected chi connectivity index (χ0v) is 11.8. The normalized spacial score (nSPS) is 11.0. The molecule has 0 heterocycles. The number of aromatic hydroxyl groups is 1. The zero-order valence-electron chi connectivity index (χ0n) is 11.8. The van der Waals surface area contributed by atoms with Crippen molar-refractivity contribution in [2.75, 3.05) is 7.11 Å². The molecule has 0 fully saturated rings. The third-order valence-corrected chi connectivity index (χ3v) is 2.92. The maximum Gasteiger partial charge on any atom is 0.271 e. The summed E-state index contributed by atoms with van der Waals surface area (Å²) in [6.07, 6.45) is 0. The smallest absolute Gasteiger partial charge is 0.271 e. The molecule has 2 rings (SSSR count). The van der Waals surface area contributed by atoms with Crippen molar-refractivity contribution in [3.63, 3.8) is 0 Å². The molecular weight excluding hydrogens is 268 g/mol. The highest BCUT2D eigenvalue weighted by molar-refractivity contribution is 6.01. The van der Waals surface area contributed by atoms with Gasteiger partial charge in [-0.05, 0) is 37.3 Å². The summed E-state index contributed by atoms with van der Waals surface area (Å²) in [5, 5.41) is 13.4. The van der Waals surface area contributed by atoms with Crippen LogP contribution in [0.5, 0.6) is 11.5 Å². The Morgan fingerprint density at radius 3 is 2.57 bits per heavy atom. The van der Waals surface area contributed by atoms with E-state index in [0.29, 0.717) is 11.3 Å². The molecular formula is C16H16N2O3. The lowest BCUT2D eigenvalue weighted by Gasteiger charge is -2.05. The first-order chi connectivity index (χ1) is 10.1. The fourth-order valence-corrected chi connectivity index (χ4v) is 1.76. The van der Waals surface area contributed by atoms with Crippen LogP contribution in [-0.2, 0) is 0 Å². The second-order valence-electron chi connectivity index (χ2n) is 4.42. The van der Waals surface area contributed by atoms with Gasteiger partial charge in [0.25, 0.3) is 5.91 Å². The second-order valence-corrected chi connectivity index (χ2v) is 4.42. The monoisotopic (exact) mass is 284 g/mol. The lowest BCUT2D eigenvalue weighted by Crippen LogP contribution is -2.19. The van der Waals surface area contributed by atoms with Crippen molar-refractivity contribution in [3.8, 4) is 11.5 Å². The predicted octanol–water partition coefficient (Wildman–Crippen LogP) is 2.55. The van der Waals surface area contributed by atoms with E-state index in [0.717, 1.165) is 11.3 Å². The third kappa shape index (κ3) is 3.82. The Kier molecular flexibility index (Phi) is 4.56. The molecule has 108 valence electrons. The van der Waals surface area contributed by atoms with E-state index in [2.05, 4.69) is 10.5 Å². The molecule has 0 bridgehead atoms. The van der Waals surface area contributed by atoms with Crippen molar-refractivity contribution in [2.24, 2.45) is 5.10 Å². The van der Waals surface area contributed by atoms with Crippen molar-refractivity contribution in [1.29, 1.82) is 0 Å². The molecule has 2 aromatic carbocycles. The fourth-order valence-electron chi connectivity index (χ4n) is 1.76. The van der Waals surface area contributed by atoms with E-state index in [1.54, 1.807) is 26.2 Å². The molecule has 21 heavy (non-hydrogen) atoms. The minimum Gasteiger partial charge on any atom is -0.508 e. The van der Waals surface area contributed by atoms with Gasteiger partial charge in [-0.25, -0.2) is 5.43 Å². The van der Waals surface area contributed by atoms with Gasteiger partial charge in [-0.1, -0.05) is 18.2 Å². The summed E-state index contributed by atoms with van der Waals surface area (Å²) < 4.78 is 5.14. The van der Waals surface area contributed by atoms with E-state index in [9.17, 15) is 9.90 Å². The molecule has 1 amide bonds. The van der Waals surface area contributed by atoms with Crippen molar-refractivity contribution in [3.05, 3.63) is 59.7 Å². The van der Waals surface area contributed by atoms with Crippen molar-refractivity contribution in [2.45, 2.75) is 6.92 Å². The lowest BCUT2D eigenvalue weighted by atomic mass is 10.1. The van der Waals surface area contributed by atoms with Crippen LogP contribution < -0.4 is 10.2 Å². The molecule has 0 aliphatic carbocycles. The molecule has 5 nitrogen and oxygen atoms in total. The van der Waals surface area contributed by atoms with Gasteiger partial charge in [-0.3, -0.25) is 4.79 Å². The Morgan fingerprint density at radius 2 is 1.86 bits per heavy atom. The molecule has 2 N–H and O–H groups in total. The number of phenolic OH excluding ortho intramolecular Hbond substituents is 1. The van der Waals surface area contributed by atoms with Crippen LogP contribution in [0, 0.1) is 0 Å². The van der Waals surface area contributed by atoms with Crippen LogP contribution >= 0.6 is 0 Å². The van der Waals surface area contributed by atoms with Crippen molar-refractivity contribution in [1.82, 2.24) is 5.43 Å². The summed E-state index contributed by atoms with van der Waals surface area (Å²) in [6, 6.07) is 13.5. The molecule has 0 aromatic heterocycles. The molecule has 0 unspecified atom stereocenters. The Hall–Kier alpha value is -2.82. The first-order valence-corrected chi connectivity index (χ1v) is 6.38. The number of rotatable bonds is 4. The number of carbonyl (C=O) groups excluding carboxylic acids is 1. The van der Waals surface area contributed by atoms with Crippen LogP contribution in [0.1, 0.15) is 22.8 Å². The van der Waals surface area contributed by atoms with E-state index < -0.39 is 0 Å². The quantitative estimate of drug-likeness (QED) is 0.669. The fraction of sp³-hybridized carbons (Fsp3) is 0.125. The standard InChI is InChI=1S/C16H16N2O3/c1-11(12-5-4-8-15(10-12)21-2)17-18-16(20)13-6-3-7-14(19)9-13/h3-10,19H,1-2H3,(H,18,20)/b17-11+. The first kappa shape index (κ1) is 14.6. The highest BCUT2D eigenvalue weighted by atomic mass is 16.5. The van der Waals surface area contributed by atoms with Crippen LogP contribution in [-0.4, -0.2) is 23.8 Å². The topological polar surface area (TPSA) is 70.9 Å². The van der Waals surface area contributed by atoms with Crippen LogP contribution in [0.3, 0.4) is 0 Å². The largest absolute Gasteiger partial charge is 0.508 e. The summed E-state index contributed by atoms with van der Waals surface area (Å²) in [5.74, 6) is 0.380. The van der Waals surface area contributed by atoms with Gasteiger partial charge in [-0.2, -0.15) is 5.10 Å². The summed E-state index contributed by atoms with van der Waals surface area (Å²) in [5.41, 5.74) is 4.31. The number of nitrogens with one attached hydrogen (secondary N) is 1. The summed E-state index contributed by atoms with van der Waals surface area (Å²) in [6.45, 7) is 1.79. The predicted molar refractivity (Wildman–Crippen MR) is 80.8 cm³/mol. The molecule has 0 spiro atoms. The molecule has 0 aliphatic heterocycles. The average Bonchev–Trinajstić information content (AvgIpc) is 2.52. The van der Waals surface area contributed by atoms with E-state index in [1.165, 1.54) is 12.1 Å². The van der Waals surface area contributed by atoms with E-state index in [1.807, 2.05) is 24.3 Å². The highest BCUT2D eigenvalue weighted by Crippen LogP contribution is 2.13. The minimum absolute atomic E-state index is 0.0381. The van der Waals surface area contributed by atoms with Crippen LogP contribution in [0.15, 0.2) is 53.6 Å². The molecule has 0 saturated heterocycles. The van der Waals surface area contributed by atoms with Gasteiger partial charge in [0.2, 0.25) is 0 Å². The molecule has 0 saturated carbocycles. The molecule has 5 heteroatoms. The maximum absolute atomic E-state index is 11.9. The van der Waals surface area contributed by atoms with Crippen LogP contribution in [0.2, 0.25) is 0 Å². The number of methoxy groups -OCH3 is 1. The number of hydrazone groups is 1. The molecule has 0 aliphatic rings. The zero-order chi connectivity index (χ0) is 15.2. The second kappa shape index (κ2) is 6.56. The highest BCUT2D eigenvalue weighted by Gasteiger charge is 2.06.